The highest BCUT2D eigenvalue weighted by atomic mass is 16.2. The zero-order valence-corrected chi connectivity index (χ0v) is 17.4. The zero-order chi connectivity index (χ0) is 19.8. The number of piperazine rings is 1. The fraction of sp³-hybridized carbons (Fsp3) is 0.636. The van der Waals surface area contributed by atoms with Crippen LogP contribution in [-0.4, -0.2) is 85.5 Å². The average molecular weight is 386 g/mol. The van der Waals surface area contributed by atoms with E-state index in [9.17, 15) is 4.79 Å². The van der Waals surface area contributed by atoms with E-state index < -0.39 is 0 Å². The van der Waals surface area contributed by atoms with E-state index in [1.54, 1.807) is 0 Å². The molecule has 2 aliphatic heterocycles. The van der Waals surface area contributed by atoms with Gasteiger partial charge in [0, 0.05) is 52.9 Å². The van der Waals surface area contributed by atoms with Crippen LogP contribution in [0.15, 0.2) is 35.3 Å². The molecule has 2 aliphatic rings. The van der Waals surface area contributed by atoms with Gasteiger partial charge in [-0.2, -0.15) is 0 Å². The summed E-state index contributed by atoms with van der Waals surface area (Å²) < 4.78 is 0. The third kappa shape index (κ3) is 5.47. The molecule has 0 bridgehead atoms. The van der Waals surface area contributed by atoms with E-state index in [0.717, 1.165) is 77.5 Å². The topological polar surface area (TPSA) is 51.2 Å². The minimum Gasteiger partial charge on any atom is -0.356 e. The Hall–Kier alpha value is -2.08. The number of aliphatic imine (C=N–C) groups is 1. The maximum atomic E-state index is 12.6. The van der Waals surface area contributed by atoms with Gasteiger partial charge < -0.3 is 15.1 Å². The van der Waals surface area contributed by atoms with Gasteiger partial charge in [0.1, 0.15) is 0 Å². The number of nitrogens with one attached hydrogen (secondary N) is 1. The molecule has 2 saturated heterocycles. The maximum Gasteiger partial charge on any atom is 0.239 e. The average Bonchev–Trinajstić information content (AvgIpc) is 3.29. The van der Waals surface area contributed by atoms with Crippen molar-refractivity contribution in [1.29, 1.82) is 0 Å². The molecule has 6 heteroatoms. The predicted octanol–water partition coefficient (Wildman–Crippen LogP) is 1.82. The normalized spacial score (nSPS) is 19.7. The largest absolute Gasteiger partial charge is 0.356 e. The fourth-order valence-corrected chi connectivity index (χ4v) is 4.15. The number of benzene rings is 1. The van der Waals surface area contributed by atoms with Crippen LogP contribution in [0.1, 0.15) is 31.7 Å². The highest BCUT2D eigenvalue weighted by Crippen LogP contribution is 2.14. The Morgan fingerprint density at radius 1 is 1.04 bits per heavy atom. The molecule has 0 radical (unpaired) electrons. The third-order valence-corrected chi connectivity index (χ3v) is 5.92. The Morgan fingerprint density at radius 2 is 1.71 bits per heavy atom. The van der Waals surface area contributed by atoms with Gasteiger partial charge in [-0.15, -0.1) is 0 Å². The number of rotatable bonds is 6. The number of hydrogen-bond acceptors (Lipinski definition) is 3. The molecular formula is C22H35N5O. The van der Waals surface area contributed by atoms with Crippen LogP contribution in [0.5, 0.6) is 0 Å². The number of carbonyl (C=O) groups is 1. The van der Waals surface area contributed by atoms with Crippen molar-refractivity contribution in [3.05, 3.63) is 35.9 Å². The van der Waals surface area contributed by atoms with Gasteiger partial charge in [-0.05, 0) is 38.2 Å². The molecule has 1 amide bonds. The number of hydrogen-bond donors (Lipinski definition) is 1. The number of guanidine groups is 1. The Labute approximate surface area is 169 Å². The lowest BCUT2D eigenvalue weighted by Gasteiger charge is -2.39. The van der Waals surface area contributed by atoms with Gasteiger partial charge in [-0.1, -0.05) is 30.3 Å². The Kier molecular flexibility index (Phi) is 7.71. The van der Waals surface area contributed by atoms with Crippen molar-refractivity contribution in [3.63, 3.8) is 0 Å². The van der Waals surface area contributed by atoms with Crippen LogP contribution >= 0.6 is 0 Å². The molecule has 1 aromatic rings. The lowest BCUT2D eigenvalue weighted by atomic mass is 10.1. The van der Waals surface area contributed by atoms with Gasteiger partial charge in [0.2, 0.25) is 5.91 Å². The van der Waals surface area contributed by atoms with Crippen molar-refractivity contribution in [1.82, 2.24) is 20.0 Å². The monoisotopic (exact) mass is 385 g/mol. The van der Waals surface area contributed by atoms with Crippen LogP contribution in [0.2, 0.25) is 0 Å². The van der Waals surface area contributed by atoms with E-state index in [1.165, 1.54) is 5.56 Å². The van der Waals surface area contributed by atoms with Crippen LogP contribution in [0.3, 0.4) is 0 Å². The van der Waals surface area contributed by atoms with E-state index in [4.69, 9.17) is 0 Å². The second-order valence-corrected chi connectivity index (χ2v) is 7.79. The summed E-state index contributed by atoms with van der Waals surface area (Å²) in [5.41, 5.74) is 1.38. The molecule has 6 nitrogen and oxygen atoms in total. The number of nitrogens with zero attached hydrogens (tertiary/aromatic N) is 4. The van der Waals surface area contributed by atoms with Crippen molar-refractivity contribution < 1.29 is 4.79 Å². The molecule has 2 heterocycles. The third-order valence-electron chi connectivity index (χ3n) is 5.92. The summed E-state index contributed by atoms with van der Waals surface area (Å²) >= 11 is 0. The van der Waals surface area contributed by atoms with Gasteiger partial charge in [0.15, 0.2) is 5.96 Å². The molecule has 28 heavy (non-hydrogen) atoms. The van der Waals surface area contributed by atoms with Gasteiger partial charge in [0.25, 0.3) is 0 Å². The summed E-state index contributed by atoms with van der Waals surface area (Å²) in [5, 5.41) is 3.50. The quantitative estimate of drug-likeness (QED) is 0.461. The molecule has 2 fully saturated rings. The maximum absolute atomic E-state index is 12.6. The Morgan fingerprint density at radius 3 is 2.36 bits per heavy atom. The molecule has 0 spiro atoms. The summed E-state index contributed by atoms with van der Waals surface area (Å²) in [7, 11) is 1.85. The minimum absolute atomic E-state index is 0.0129. The molecular weight excluding hydrogens is 350 g/mol. The number of aryl methyl sites for hydroxylation is 1. The summed E-state index contributed by atoms with van der Waals surface area (Å²) in [6.45, 7) is 8.49. The summed E-state index contributed by atoms with van der Waals surface area (Å²) in [6, 6.07) is 10.6. The van der Waals surface area contributed by atoms with Crippen molar-refractivity contribution >= 4 is 11.9 Å². The molecule has 3 rings (SSSR count). The molecule has 1 aromatic carbocycles. The molecule has 154 valence electrons. The van der Waals surface area contributed by atoms with Gasteiger partial charge in [-0.3, -0.25) is 14.7 Å². The van der Waals surface area contributed by atoms with Crippen molar-refractivity contribution in [2.45, 2.75) is 38.6 Å². The lowest BCUT2D eigenvalue weighted by molar-refractivity contribution is -0.135. The SMILES string of the molecule is CN=C(NCCCc1ccccc1)N1CCN(C(C)C(=O)N2CCCC2)CC1. The minimum atomic E-state index is -0.0129. The molecule has 1 N–H and O–H groups in total. The van der Waals surface area contributed by atoms with Crippen molar-refractivity contribution in [2.24, 2.45) is 4.99 Å². The fourth-order valence-electron chi connectivity index (χ4n) is 4.15. The summed E-state index contributed by atoms with van der Waals surface area (Å²) in [5.74, 6) is 1.28. The number of carbonyl (C=O) groups excluding carboxylic acids is 1. The van der Waals surface area contributed by atoms with E-state index in [0.29, 0.717) is 5.91 Å². The van der Waals surface area contributed by atoms with Crippen LogP contribution < -0.4 is 5.32 Å². The molecule has 1 unspecified atom stereocenters. The number of likely N-dealkylation sites (tertiary alicyclic amines) is 1. The first-order chi connectivity index (χ1) is 13.7. The lowest BCUT2D eigenvalue weighted by Crippen LogP contribution is -2.57. The highest BCUT2D eigenvalue weighted by Gasteiger charge is 2.30. The standard InChI is InChI=1S/C22H35N5O/c1-19(21(28)26-13-6-7-14-26)25-15-17-27(18-16-25)22(23-2)24-12-8-11-20-9-4-3-5-10-20/h3-5,9-10,19H,6-8,11-18H2,1-2H3,(H,23,24). The van der Waals surface area contributed by atoms with E-state index in [-0.39, 0.29) is 6.04 Å². The van der Waals surface area contributed by atoms with E-state index in [2.05, 4.69) is 57.4 Å². The smallest absolute Gasteiger partial charge is 0.239 e. The molecule has 0 saturated carbocycles. The van der Waals surface area contributed by atoms with Gasteiger partial charge >= 0.3 is 0 Å². The second-order valence-electron chi connectivity index (χ2n) is 7.79. The molecule has 0 aromatic heterocycles. The molecule has 1 atom stereocenters. The van der Waals surface area contributed by atoms with Crippen LogP contribution in [-0.2, 0) is 11.2 Å². The Balaban J connectivity index is 1.39. The van der Waals surface area contributed by atoms with Crippen molar-refractivity contribution in [3.8, 4) is 0 Å². The van der Waals surface area contributed by atoms with Crippen LogP contribution in [0.4, 0.5) is 0 Å². The first-order valence-electron chi connectivity index (χ1n) is 10.7. The highest BCUT2D eigenvalue weighted by molar-refractivity contribution is 5.82. The van der Waals surface area contributed by atoms with Crippen molar-refractivity contribution in [2.75, 3.05) is 52.9 Å². The van der Waals surface area contributed by atoms with Gasteiger partial charge in [-0.25, -0.2) is 0 Å². The van der Waals surface area contributed by atoms with Crippen LogP contribution in [0, 0.1) is 0 Å². The van der Waals surface area contributed by atoms with Gasteiger partial charge in [0.05, 0.1) is 6.04 Å². The molecule has 0 aliphatic carbocycles. The first kappa shape index (κ1) is 20.6. The van der Waals surface area contributed by atoms with E-state index in [1.807, 2.05) is 11.9 Å². The predicted molar refractivity (Wildman–Crippen MR) is 115 cm³/mol. The Bertz CT molecular complexity index is 634. The van der Waals surface area contributed by atoms with Crippen LogP contribution in [0.25, 0.3) is 0 Å². The summed E-state index contributed by atoms with van der Waals surface area (Å²) in [4.78, 5) is 23.8. The number of amides is 1. The van der Waals surface area contributed by atoms with E-state index >= 15 is 0 Å². The summed E-state index contributed by atoms with van der Waals surface area (Å²) in [6.07, 6.45) is 4.47. The second kappa shape index (κ2) is 10.5. The zero-order valence-electron chi connectivity index (χ0n) is 17.4. The first-order valence-corrected chi connectivity index (χ1v) is 10.7.